The quantitative estimate of drug-likeness (QED) is 0.769. The van der Waals surface area contributed by atoms with Crippen LogP contribution in [-0.2, 0) is 0 Å². The lowest BCUT2D eigenvalue weighted by atomic mass is 10.1. The molecule has 0 fully saturated rings. The zero-order valence-electron chi connectivity index (χ0n) is 8.66. The Hall–Kier alpha value is -1.09. The summed E-state index contributed by atoms with van der Waals surface area (Å²) in [5.41, 5.74) is 7.76. The van der Waals surface area contributed by atoms with Crippen molar-refractivity contribution >= 4 is 22.9 Å². The Bertz CT molecular complexity index is 319. The van der Waals surface area contributed by atoms with Crippen molar-refractivity contribution in [3.05, 3.63) is 29.8 Å². The molecule has 0 unspecified atom stereocenters. The van der Waals surface area contributed by atoms with Gasteiger partial charge in [-0.25, -0.2) is 0 Å². The Balaban J connectivity index is 3.11. The van der Waals surface area contributed by atoms with Crippen LogP contribution in [0.3, 0.4) is 0 Å². The smallest absolute Gasteiger partial charge is 0.106 e. The number of nitrogens with two attached hydrogens (primary N) is 1. The molecule has 0 radical (unpaired) electrons. The SMILES string of the molecule is CCN(CC)c1ccccc1C(N)=S. The van der Waals surface area contributed by atoms with Crippen molar-refractivity contribution in [2.45, 2.75) is 13.8 Å². The van der Waals surface area contributed by atoms with E-state index in [9.17, 15) is 0 Å². The fourth-order valence-corrected chi connectivity index (χ4v) is 1.69. The topological polar surface area (TPSA) is 29.3 Å². The molecule has 0 aliphatic heterocycles. The summed E-state index contributed by atoms with van der Waals surface area (Å²) in [7, 11) is 0. The molecule has 0 saturated carbocycles. The van der Waals surface area contributed by atoms with E-state index in [2.05, 4.69) is 24.8 Å². The highest BCUT2D eigenvalue weighted by Gasteiger charge is 2.08. The van der Waals surface area contributed by atoms with Crippen molar-refractivity contribution in [3.8, 4) is 0 Å². The summed E-state index contributed by atoms with van der Waals surface area (Å²) >= 11 is 5.02. The largest absolute Gasteiger partial charge is 0.389 e. The van der Waals surface area contributed by atoms with Crippen LogP contribution < -0.4 is 10.6 Å². The number of nitrogens with zero attached hydrogens (tertiary/aromatic N) is 1. The first-order chi connectivity index (χ1) is 6.70. The molecule has 1 rings (SSSR count). The molecule has 1 aromatic rings. The minimum absolute atomic E-state index is 0.465. The van der Waals surface area contributed by atoms with E-state index in [0.717, 1.165) is 24.3 Å². The number of rotatable bonds is 4. The standard InChI is InChI=1S/C11H16N2S/c1-3-13(4-2)10-8-6-5-7-9(10)11(12)14/h5-8H,3-4H2,1-2H3,(H2,12,14). The molecule has 0 aliphatic carbocycles. The summed E-state index contributed by atoms with van der Waals surface area (Å²) in [6.45, 7) is 6.19. The maximum Gasteiger partial charge on any atom is 0.106 e. The number of anilines is 1. The number of benzene rings is 1. The first-order valence-electron chi connectivity index (χ1n) is 4.84. The summed E-state index contributed by atoms with van der Waals surface area (Å²) in [5, 5.41) is 0. The second-order valence-electron chi connectivity index (χ2n) is 3.05. The van der Waals surface area contributed by atoms with Crippen molar-refractivity contribution in [1.29, 1.82) is 0 Å². The maximum atomic E-state index is 5.67. The van der Waals surface area contributed by atoms with Gasteiger partial charge in [0.1, 0.15) is 4.99 Å². The molecule has 0 bridgehead atoms. The van der Waals surface area contributed by atoms with Crippen molar-refractivity contribution in [2.75, 3.05) is 18.0 Å². The van der Waals surface area contributed by atoms with E-state index >= 15 is 0 Å². The van der Waals surface area contributed by atoms with Crippen LogP contribution >= 0.6 is 12.2 Å². The van der Waals surface area contributed by atoms with Crippen LogP contribution in [0.1, 0.15) is 19.4 Å². The van der Waals surface area contributed by atoms with E-state index < -0.39 is 0 Å². The van der Waals surface area contributed by atoms with Crippen LogP contribution in [0.15, 0.2) is 24.3 Å². The van der Waals surface area contributed by atoms with Crippen molar-refractivity contribution in [2.24, 2.45) is 5.73 Å². The fourth-order valence-electron chi connectivity index (χ4n) is 1.52. The molecule has 0 spiro atoms. The third-order valence-electron chi connectivity index (χ3n) is 2.27. The zero-order chi connectivity index (χ0) is 10.6. The molecule has 76 valence electrons. The van der Waals surface area contributed by atoms with Crippen LogP contribution in [0.5, 0.6) is 0 Å². The van der Waals surface area contributed by atoms with Gasteiger partial charge in [0.15, 0.2) is 0 Å². The molecule has 14 heavy (non-hydrogen) atoms. The van der Waals surface area contributed by atoms with E-state index in [0.29, 0.717) is 4.99 Å². The first-order valence-corrected chi connectivity index (χ1v) is 5.25. The molecule has 1 aromatic carbocycles. The summed E-state index contributed by atoms with van der Waals surface area (Å²) in [6, 6.07) is 7.99. The van der Waals surface area contributed by atoms with E-state index in [-0.39, 0.29) is 0 Å². The van der Waals surface area contributed by atoms with Crippen LogP contribution in [-0.4, -0.2) is 18.1 Å². The molecular weight excluding hydrogens is 192 g/mol. The molecule has 0 amide bonds. The minimum atomic E-state index is 0.465. The van der Waals surface area contributed by atoms with Gasteiger partial charge in [0.25, 0.3) is 0 Å². The molecule has 0 saturated heterocycles. The predicted octanol–water partition coefficient (Wildman–Crippen LogP) is 2.17. The third-order valence-corrected chi connectivity index (χ3v) is 2.49. The predicted molar refractivity (Wildman–Crippen MR) is 65.9 cm³/mol. The van der Waals surface area contributed by atoms with Crippen LogP contribution in [0.2, 0.25) is 0 Å². The van der Waals surface area contributed by atoms with Crippen LogP contribution in [0, 0.1) is 0 Å². The van der Waals surface area contributed by atoms with Gasteiger partial charge in [-0.3, -0.25) is 0 Å². The highest BCUT2D eigenvalue weighted by atomic mass is 32.1. The molecule has 2 nitrogen and oxygen atoms in total. The van der Waals surface area contributed by atoms with Gasteiger partial charge in [0.05, 0.1) is 0 Å². The highest BCUT2D eigenvalue weighted by Crippen LogP contribution is 2.19. The van der Waals surface area contributed by atoms with Gasteiger partial charge < -0.3 is 10.6 Å². The van der Waals surface area contributed by atoms with Crippen molar-refractivity contribution < 1.29 is 0 Å². The van der Waals surface area contributed by atoms with E-state index in [1.165, 1.54) is 0 Å². The molecule has 0 heterocycles. The Morgan fingerprint density at radius 3 is 2.36 bits per heavy atom. The van der Waals surface area contributed by atoms with Crippen molar-refractivity contribution in [1.82, 2.24) is 0 Å². The molecule has 0 aromatic heterocycles. The highest BCUT2D eigenvalue weighted by molar-refractivity contribution is 7.80. The molecular formula is C11H16N2S. The Labute approximate surface area is 90.7 Å². The van der Waals surface area contributed by atoms with E-state index in [1.54, 1.807) is 0 Å². The molecule has 0 aliphatic rings. The fraction of sp³-hybridized carbons (Fsp3) is 0.364. The average Bonchev–Trinajstić information content (AvgIpc) is 2.20. The van der Waals surface area contributed by atoms with Gasteiger partial charge in [0.2, 0.25) is 0 Å². The molecule has 3 heteroatoms. The average molecular weight is 208 g/mol. The number of hydrogen-bond acceptors (Lipinski definition) is 2. The van der Waals surface area contributed by atoms with Crippen molar-refractivity contribution in [3.63, 3.8) is 0 Å². The zero-order valence-corrected chi connectivity index (χ0v) is 9.47. The Kier molecular flexibility index (Phi) is 3.89. The van der Waals surface area contributed by atoms with Gasteiger partial charge in [-0.1, -0.05) is 24.4 Å². The summed E-state index contributed by atoms with van der Waals surface area (Å²) in [6.07, 6.45) is 0. The van der Waals surface area contributed by atoms with Crippen LogP contribution in [0.25, 0.3) is 0 Å². The lowest BCUT2D eigenvalue weighted by Gasteiger charge is -2.23. The van der Waals surface area contributed by atoms with Gasteiger partial charge in [-0.15, -0.1) is 0 Å². The minimum Gasteiger partial charge on any atom is -0.389 e. The summed E-state index contributed by atoms with van der Waals surface area (Å²) in [4.78, 5) is 2.71. The van der Waals surface area contributed by atoms with E-state index in [1.807, 2.05) is 18.2 Å². The number of thiocarbonyl (C=S) groups is 1. The van der Waals surface area contributed by atoms with E-state index in [4.69, 9.17) is 18.0 Å². The van der Waals surface area contributed by atoms with Crippen LogP contribution in [0.4, 0.5) is 5.69 Å². The lowest BCUT2D eigenvalue weighted by Crippen LogP contribution is -2.25. The molecule has 0 atom stereocenters. The molecule has 2 N–H and O–H groups in total. The third kappa shape index (κ3) is 2.23. The normalized spacial score (nSPS) is 9.86. The number of hydrogen-bond donors (Lipinski definition) is 1. The first kappa shape index (κ1) is 11.0. The van der Waals surface area contributed by atoms with Gasteiger partial charge in [-0.05, 0) is 26.0 Å². The summed E-state index contributed by atoms with van der Waals surface area (Å²) in [5.74, 6) is 0. The maximum absolute atomic E-state index is 5.67. The second-order valence-corrected chi connectivity index (χ2v) is 3.49. The van der Waals surface area contributed by atoms with Gasteiger partial charge in [-0.2, -0.15) is 0 Å². The number of para-hydroxylation sites is 1. The summed E-state index contributed by atoms with van der Waals surface area (Å²) < 4.78 is 0. The second kappa shape index (κ2) is 4.96. The van der Waals surface area contributed by atoms with Gasteiger partial charge >= 0.3 is 0 Å². The Morgan fingerprint density at radius 1 is 1.29 bits per heavy atom. The monoisotopic (exact) mass is 208 g/mol. The van der Waals surface area contributed by atoms with Gasteiger partial charge in [0, 0.05) is 24.3 Å². The lowest BCUT2D eigenvalue weighted by molar-refractivity contribution is 0.865. The Morgan fingerprint density at radius 2 is 1.86 bits per heavy atom.